The van der Waals surface area contributed by atoms with Gasteiger partial charge in [0.2, 0.25) is 0 Å². The normalized spacial score (nSPS) is 14.7. The van der Waals surface area contributed by atoms with Gasteiger partial charge in [0.15, 0.2) is 11.4 Å². The monoisotopic (exact) mass is 316 g/mol. The summed E-state index contributed by atoms with van der Waals surface area (Å²) in [5.74, 6) is 0.353. The van der Waals surface area contributed by atoms with Crippen molar-refractivity contribution in [1.82, 2.24) is 14.7 Å². The number of rotatable bonds is 4. The maximum Gasteiger partial charge on any atom is 0.278 e. The van der Waals surface area contributed by atoms with Crippen molar-refractivity contribution < 1.29 is 14.3 Å². The van der Waals surface area contributed by atoms with Crippen LogP contribution in [0.3, 0.4) is 0 Å². The fraction of sp³-hybridized carbons (Fsp3) is 0.375. The highest BCUT2D eigenvalue weighted by atomic mass is 16.5. The highest BCUT2D eigenvalue weighted by Gasteiger charge is 2.25. The molecule has 1 fully saturated rings. The summed E-state index contributed by atoms with van der Waals surface area (Å²) in [6.07, 6.45) is 1.72. The Balaban J connectivity index is 1.91. The van der Waals surface area contributed by atoms with E-state index < -0.39 is 0 Å². The first-order valence-corrected chi connectivity index (χ1v) is 7.64. The van der Waals surface area contributed by atoms with Gasteiger partial charge in [0.05, 0.1) is 31.7 Å². The molecule has 1 aromatic heterocycles. The number of benzene rings is 1. The zero-order valence-electron chi connectivity index (χ0n) is 13.1. The van der Waals surface area contributed by atoms with Gasteiger partial charge in [0.25, 0.3) is 5.91 Å². The second-order valence-electron chi connectivity index (χ2n) is 5.22. The molecule has 0 unspecified atom stereocenters. The minimum atomic E-state index is -0.133. The van der Waals surface area contributed by atoms with Gasteiger partial charge in [0.1, 0.15) is 0 Å². The lowest BCUT2D eigenvalue weighted by Crippen LogP contribution is -2.41. The Labute approximate surface area is 134 Å². The molecule has 1 amide bonds. The fourth-order valence-corrected chi connectivity index (χ4v) is 2.44. The maximum atomic E-state index is 12.7. The number of hydrogen-bond acceptors (Lipinski definition) is 5. The van der Waals surface area contributed by atoms with E-state index in [-0.39, 0.29) is 5.91 Å². The number of morpholine rings is 1. The number of aromatic nitrogens is 2. The lowest BCUT2D eigenvalue weighted by atomic mass is 10.3. The Morgan fingerprint density at radius 1 is 1.30 bits per heavy atom. The number of amides is 1. The van der Waals surface area contributed by atoms with Crippen LogP contribution in [-0.2, 0) is 4.74 Å². The van der Waals surface area contributed by atoms with Crippen LogP contribution in [0.2, 0.25) is 0 Å². The predicted molar refractivity (Wildman–Crippen MR) is 85.9 cm³/mol. The molecule has 0 aliphatic carbocycles. The molecule has 0 radical (unpaired) electrons. The van der Waals surface area contributed by atoms with E-state index in [4.69, 9.17) is 15.2 Å². The van der Waals surface area contributed by atoms with Crippen LogP contribution in [0, 0.1) is 0 Å². The molecule has 7 nitrogen and oxygen atoms in total. The highest BCUT2D eigenvalue weighted by molar-refractivity contribution is 5.95. The van der Waals surface area contributed by atoms with Crippen LogP contribution in [0.25, 0.3) is 5.69 Å². The van der Waals surface area contributed by atoms with Crippen LogP contribution in [0.1, 0.15) is 17.4 Å². The van der Waals surface area contributed by atoms with Crippen LogP contribution in [-0.4, -0.2) is 53.5 Å². The second kappa shape index (κ2) is 6.70. The van der Waals surface area contributed by atoms with E-state index in [0.717, 1.165) is 5.69 Å². The van der Waals surface area contributed by atoms with Gasteiger partial charge in [-0.05, 0) is 31.2 Å². The van der Waals surface area contributed by atoms with Gasteiger partial charge in [-0.15, -0.1) is 0 Å². The van der Waals surface area contributed by atoms with Crippen molar-refractivity contribution in [3.63, 3.8) is 0 Å². The molecule has 1 saturated heterocycles. The highest BCUT2D eigenvalue weighted by Crippen LogP contribution is 2.22. The van der Waals surface area contributed by atoms with Crippen molar-refractivity contribution in [2.24, 2.45) is 0 Å². The summed E-state index contributed by atoms with van der Waals surface area (Å²) in [5, 5.41) is 4.42. The minimum absolute atomic E-state index is 0.133. The van der Waals surface area contributed by atoms with Crippen LogP contribution in [0.4, 0.5) is 5.69 Å². The van der Waals surface area contributed by atoms with E-state index in [1.54, 1.807) is 27.9 Å². The van der Waals surface area contributed by atoms with E-state index >= 15 is 0 Å². The zero-order chi connectivity index (χ0) is 16.2. The van der Waals surface area contributed by atoms with Crippen molar-refractivity contribution in [3.05, 3.63) is 36.2 Å². The summed E-state index contributed by atoms with van der Waals surface area (Å²) in [7, 11) is 0. The third-order valence-corrected chi connectivity index (χ3v) is 3.64. The van der Waals surface area contributed by atoms with Crippen LogP contribution in [0.5, 0.6) is 5.75 Å². The Bertz CT molecular complexity index is 675. The van der Waals surface area contributed by atoms with Gasteiger partial charge >= 0.3 is 0 Å². The average molecular weight is 316 g/mol. The SMILES string of the molecule is CCOc1cn(-c2ccc(N)cc2)nc1C(=O)N1CCOCC1. The average Bonchev–Trinajstić information content (AvgIpc) is 3.00. The van der Waals surface area contributed by atoms with E-state index in [1.807, 2.05) is 19.1 Å². The van der Waals surface area contributed by atoms with Crippen LogP contribution < -0.4 is 10.5 Å². The molecule has 1 aliphatic rings. The first-order chi connectivity index (χ1) is 11.2. The Hall–Kier alpha value is -2.54. The molecule has 122 valence electrons. The quantitative estimate of drug-likeness (QED) is 0.860. The number of nitrogens with zero attached hydrogens (tertiary/aromatic N) is 3. The molecular formula is C16H20N4O3. The van der Waals surface area contributed by atoms with E-state index in [1.165, 1.54) is 0 Å². The topological polar surface area (TPSA) is 82.6 Å². The van der Waals surface area contributed by atoms with Crippen LogP contribution in [0.15, 0.2) is 30.5 Å². The van der Waals surface area contributed by atoms with Gasteiger partial charge in [-0.25, -0.2) is 4.68 Å². The Kier molecular flexibility index (Phi) is 4.47. The van der Waals surface area contributed by atoms with E-state index in [9.17, 15) is 4.79 Å². The molecule has 7 heteroatoms. The molecule has 3 rings (SSSR count). The number of carbonyl (C=O) groups is 1. The predicted octanol–water partition coefficient (Wildman–Crippen LogP) is 1.33. The van der Waals surface area contributed by atoms with Crippen LogP contribution >= 0.6 is 0 Å². The number of hydrogen-bond donors (Lipinski definition) is 1. The maximum absolute atomic E-state index is 12.7. The smallest absolute Gasteiger partial charge is 0.278 e. The lowest BCUT2D eigenvalue weighted by molar-refractivity contribution is 0.0296. The number of nitrogens with two attached hydrogens (primary N) is 1. The Morgan fingerprint density at radius 2 is 2.00 bits per heavy atom. The molecule has 2 heterocycles. The first kappa shape index (κ1) is 15.4. The molecule has 0 saturated carbocycles. The molecular weight excluding hydrogens is 296 g/mol. The number of ether oxygens (including phenoxy) is 2. The van der Waals surface area contributed by atoms with Crippen molar-refractivity contribution in [2.45, 2.75) is 6.92 Å². The largest absolute Gasteiger partial charge is 0.490 e. The third kappa shape index (κ3) is 3.29. The molecule has 0 atom stereocenters. The van der Waals surface area contributed by atoms with E-state index in [2.05, 4.69) is 5.10 Å². The molecule has 23 heavy (non-hydrogen) atoms. The molecule has 2 aromatic rings. The van der Waals surface area contributed by atoms with Crippen molar-refractivity contribution >= 4 is 11.6 Å². The number of anilines is 1. The lowest BCUT2D eigenvalue weighted by Gasteiger charge is -2.26. The first-order valence-electron chi connectivity index (χ1n) is 7.64. The number of nitrogen functional groups attached to an aromatic ring is 1. The third-order valence-electron chi connectivity index (χ3n) is 3.64. The number of carbonyl (C=O) groups excluding carboxylic acids is 1. The van der Waals surface area contributed by atoms with Crippen molar-refractivity contribution in [2.75, 3.05) is 38.6 Å². The van der Waals surface area contributed by atoms with Gasteiger partial charge < -0.3 is 20.1 Å². The van der Waals surface area contributed by atoms with Crippen molar-refractivity contribution in [1.29, 1.82) is 0 Å². The zero-order valence-corrected chi connectivity index (χ0v) is 13.1. The minimum Gasteiger partial charge on any atom is -0.490 e. The van der Waals surface area contributed by atoms with Gasteiger partial charge in [-0.1, -0.05) is 0 Å². The second-order valence-corrected chi connectivity index (χ2v) is 5.22. The summed E-state index contributed by atoms with van der Waals surface area (Å²) in [4.78, 5) is 14.4. The molecule has 1 aliphatic heterocycles. The van der Waals surface area contributed by atoms with E-state index in [0.29, 0.717) is 50.0 Å². The summed E-state index contributed by atoms with van der Waals surface area (Å²) in [5.41, 5.74) is 7.53. The fourth-order valence-electron chi connectivity index (χ4n) is 2.44. The van der Waals surface area contributed by atoms with Gasteiger partial charge in [-0.2, -0.15) is 5.10 Å². The summed E-state index contributed by atoms with van der Waals surface area (Å²) in [6.45, 7) is 4.58. The molecule has 2 N–H and O–H groups in total. The summed E-state index contributed by atoms with van der Waals surface area (Å²) in [6, 6.07) is 7.28. The summed E-state index contributed by atoms with van der Waals surface area (Å²) >= 11 is 0. The van der Waals surface area contributed by atoms with Crippen molar-refractivity contribution in [3.8, 4) is 11.4 Å². The van der Waals surface area contributed by atoms with Gasteiger partial charge in [0, 0.05) is 18.8 Å². The molecule has 1 aromatic carbocycles. The molecule has 0 bridgehead atoms. The molecule has 0 spiro atoms. The van der Waals surface area contributed by atoms with Gasteiger partial charge in [-0.3, -0.25) is 4.79 Å². The standard InChI is InChI=1S/C16H20N4O3/c1-2-23-14-11-20(13-5-3-12(17)4-6-13)18-15(14)16(21)19-7-9-22-10-8-19/h3-6,11H,2,7-10,17H2,1H3. The Morgan fingerprint density at radius 3 is 2.65 bits per heavy atom. The summed E-state index contributed by atoms with van der Waals surface area (Å²) < 4.78 is 12.5.